The quantitative estimate of drug-likeness (QED) is 0.340. The zero-order valence-corrected chi connectivity index (χ0v) is 17.6. The van der Waals surface area contributed by atoms with E-state index in [2.05, 4.69) is 10.3 Å². The molecule has 27 heavy (non-hydrogen) atoms. The van der Waals surface area contributed by atoms with Crippen LogP contribution in [0.2, 0.25) is 0 Å². The zero-order valence-electron chi connectivity index (χ0n) is 15.9. The third-order valence-corrected chi connectivity index (χ3v) is 4.19. The standard InChI is InChI=1S/C18H28N4O3S.ClH/c1-18(2,3)25-17(24)22-14(10-7-11-21-16(19)20)15(23)26-12-13-8-5-4-6-9-13;/h4-6,8-9,14H,7,10-12H2,1-3H3,(H,22,24)(H4,19,20,21);1H. The molecule has 0 spiro atoms. The Morgan fingerprint density at radius 3 is 2.41 bits per heavy atom. The number of rotatable bonds is 8. The molecule has 0 heterocycles. The lowest BCUT2D eigenvalue weighted by Crippen LogP contribution is -2.42. The molecule has 0 aliphatic heterocycles. The average Bonchev–Trinajstić information content (AvgIpc) is 2.54. The summed E-state index contributed by atoms with van der Waals surface area (Å²) in [6.45, 7) is 5.70. The first kappa shape index (κ1) is 25.1. The van der Waals surface area contributed by atoms with Gasteiger partial charge in [0.05, 0.1) is 0 Å². The molecule has 0 saturated heterocycles. The third kappa shape index (κ3) is 12.1. The minimum Gasteiger partial charge on any atom is -0.444 e. The monoisotopic (exact) mass is 416 g/mol. The van der Waals surface area contributed by atoms with Crippen LogP contribution in [-0.4, -0.2) is 35.4 Å². The van der Waals surface area contributed by atoms with Gasteiger partial charge in [0.15, 0.2) is 5.96 Å². The van der Waals surface area contributed by atoms with Crippen LogP contribution in [0, 0.1) is 0 Å². The van der Waals surface area contributed by atoms with Gasteiger partial charge in [0, 0.05) is 12.3 Å². The van der Waals surface area contributed by atoms with E-state index in [1.807, 2.05) is 30.3 Å². The highest BCUT2D eigenvalue weighted by atomic mass is 35.5. The molecule has 0 radical (unpaired) electrons. The molecule has 1 aromatic carbocycles. The number of aliphatic imine (C=N–C) groups is 1. The number of alkyl carbamates (subject to hydrolysis) is 1. The van der Waals surface area contributed by atoms with Crippen LogP contribution in [0.4, 0.5) is 4.79 Å². The minimum atomic E-state index is -0.659. The van der Waals surface area contributed by atoms with E-state index in [9.17, 15) is 9.59 Å². The fraction of sp³-hybridized carbons (Fsp3) is 0.500. The van der Waals surface area contributed by atoms with E-state index in [1.54, 1.807) is 20.8 Å². The SMILES string of the molecule is CC(C)(C)OC(=O)NC(CCCN=C(N)N)C(=O)SCc1ccccc1.Cl. The molecular formula is C18H29ClN4O3S. The Morgan fingerprint density at radius 1 is 1.22 bits per heavy atom. The number of nitrogens with two attached hydrogens (primary N) is 2. The molecule has 5 N–H and O–H groups in total. The van der Waals surface area contributed by atoms with Gasteiger partial charge in [-0.3, -0.25) is 9.79 Å². The van der Waals surface area contributed by atoms with Gasteiger partial charge in [-0.25, -0.2) is 4.79 Å². The normalized spacial score (nSPS) is 11.7. The summed E-state index contributed by atoms with van der Waals surface area (Å²) >= 11 is 1.17. The van der Waals surface area contributed by atoms with Gasteiger partial charge in [0.1, 0.15) is 11.6 Å². The number of hydrogen-bond acceptors (Lipinski definition) is 5. The number of carbonyl (C=O) groups is 2. The molecular weight excluding hydrogens is 388 g/mol. The number of nitrogens with zero attached hydrogens (tertiary/aromatic N) is 1. The molecule has 1 rings (SSSR count). The average molecular weight is 417 g/mol. The third-order valence-electron chi connectivity index (χ3n) is 3.14. The summed E-state index contributed by atoms with van der Waals surface area (Å²) in [5.41, 5.74) is 11.0. The highest BCUT2D eigenvalue weighted by Crippen LogP contribution is 2.17. The van der Waals surface area contributed by atoms with Crippen molar-refractivity contribution in [2.24, 2.45) is 16.5 Å². The molecule has 0 fully saturated rings. The van der Waals surface area contributed by atoms with E-state index < -0.39 is 17.7 Å². The van der Waals surface area contributed by atoms with Crippen LogP contribution in [-0.2, 0) is 15.3 Å². The lowest BCUT2D eigenvalue weighted by molar-refractivity contribution is -0.113. The first-order valence-corrected chi connectivity index (χ1v) is 9.41. The van der Waals surface area contributed by atoms with Crippen molar-refractivity contribution in [1.29, 1.82) is 0 Å². The van der Waals surface area contributed by atoms with Gasteiger partial charge in [0.2, 0.25) is 5.12 Å². The second-order valence-electron chi connectivity index (χ2n) is 6.74. The van der Waals surface area contributed by atoms with Gasteiger partial charge in [-0.2, -0.15) is 0 Å². The number of ether oxygens (including phenoxy) is 1. The molecule has 0 aliphatic rings. The molecule has 0 aliphatic carbocycles. The fourth-order valence-electron chi connectivity index (χ4n) is 2.03. The summed E-state index contributed by atoms with van der Waals surface area (Å²) in [6.07, 6.45) is 0.380. The van der Waals surface area contributed by atoms with Crippen LogP contribution < -0.4 is 16.8 Å². The Balaban J connectivity index is 0.00000676. The van der Waals surface area contributed by atoms with E-state index in [0.29, 0.717) is 25.1 Å². The number of amides is 1. The Labute approximate surface area is 171 Å². The predicted molar refractivity (Wildman–Crippen MR) is 113 cm³/mol. The number of guanidine groups is 1. The van der Waals surface area contributed by atoms with Crippen LogP contribution in [0.3, 0.4) is 0 Å². The van der Waals surface area contributed by atoms with Crippen molar-refractivity contribution in [1.82, 2.24) is 5.32 Å². The summed E-state index contributed by atoms with van der Waals surface area (Å²) in [5.74, 6) is 0.548. The maximum absolute atomic E-state index is 12.6. The van der Waals surface area contributed by atoms with E-state index in [-0.39, 0.29) is 23.5 Å². The summed E-state index contributed by atoms with van der Waals surface area (Å²) < 4.78 is 5.25. The molecule has 9 heteroatoms. The number of halogens is 1. The van der Waals surface area contributed by atoms with Crippen LogP contribution in [0.5, 0.6) is 0 Å². The largest absolute Gasteiger partial charge is 0.444 e. The maximum Gasteiger partial charge on any atom is 0.408 e. The molecule has 1 amide bonds. The number of benzene rings is 1. The molecule has 0 saturated carbocycles. The molecule has 0 aromatic heterocycles. The van der Waals surface area contributed by atoms with Crippen molar-refractivity contribution >= 4 is 41.3 Å². The van der Waals surface area contributed by atoms with Gasteiger partial charge in [0.25, 0.3) is 0 Å². The lowest BCUT2D eigenvalue weighted by Gasteiger charge is -2.23. The topological polar surface area (TPSA) is 120 Å². The predicted octanol–water partition coefficient (Wildman–Crippen LogP) is 2.82. The molecule has 1 unspecified atom stereocenters. The van der Waals surface area contributed by atoms with Crippen LogP contribution in [0.15, 0.2) is 35.3 Å². The Bertz CT molecular complexity index is 617. The van der Waals surface area contributed by atoms with Crippen molar-refractivity contribution in [3.63, 3.8) is 0 Å². The highest BCUT2D eigenvalue weighted by molar-refractivity contribution is 8.13. The van der Waals surface area contributed by atoms with Crippen molar-refractivity contribution in [3.05, 3.63) is 35.9 Å². The summed E-state index contributed by atoms with van der Waals surface area (Å²) in [4.78, 5) is 28.5. The number of nitrogens with one attached hydrogen (secondary N) is 1. The highest BCUT2D eigenvalue weighted by Gasteiger charge is 2.24. The Hall–Kier alpha value is -1.93. The summed E-state index contributed by atoms with van der Waals surface area (Å²) in [7, 11) is 0. The molecule has 1 atom stereocenters. The smallest absolute Gasteiger partial charge is 0.408 e. The van der Waals surface area contributed by atoms with Gasteiger partial charge >= 0.3 is 6.09 Å². The second-order valence-corrected chi connectivity index (χ2v) is 7.72. The summed E-state index contributed by atoms with van der Waals surface area (Å²) in [6, 6.07) is 9.02. The van der Waals surface area contributed by atoms with E-state index in [1.165, 1.54) is 11.8 Å². The van der Waals surface area contributed by atoms with Crippen molar-refractivity contribution in [2.75, 3.05) is 6.54 Å². The van der Waals surface area contributed by atoms with Gasteiger partial charge in [-0.15, -0.1) is 12.4 Å². The Kier molecular flexibility index (Phi) is 11.6. The lowest BCUT2D eigenvalue weighted by atomic mass is 10.2. The van der Waals surface area contributed by atoms with Crippen molar-refractivity contribution in [3.8, 4) is 0 Å². The molecule has 1 aromatic rings. The fourth-order valence-corrected chi connectivity index (χ4v) is 2.91. The molecule has 152 valence electrons. The van der Waals surface area contributed by atoms with Crippen LogP contribution in [0.1, 0.15) is 39.2 Å². The Morgan fingerprint density at radius 2 is 1.85 bits per heavy atom. The first-order chi connectivity index (χ1) is 12.2. The summed E-state index contributed by atoms with van der Waals surface area (Å²) in [5, 5.41) is 2.53. The van der Waals surface area contributed by atoms with Gasteiger partial charge in [-0.05, 0) is 39.2 Å². The zero-order chi connectivity index (χ0) is 19.6. The first-order valence-electron chi connectivity index (χ1n) is 8.43. The van der Waals surface area contributed by atoms with Crippen molar-refractivity contribution in [2.45, 2.75) is 51.0 Å². The molecule has 0 bridgehead atoms. The van der Waals surface area contributed by atoms with E-state index in [4.69, 9.17) is 16.2 Å². The number of thioether (sulfide) groups is 1. The van der Waals surface area contributed by atoms with Gasteiger partial charge < -0.3 is 21.5 Å². The second kappa shape index (κ2) is 12.5. The molecule has 7 nitrogen and oxygen atoms in total. The van der Waals surface area contributed by atoms with Gasteiger partial charge in [-0.1, -0.05) is 42.1 Å². The number of hydrogen-bond donors (Lipinski definition) is 3. The van der Waals surface area contributed by atoms with Crippen LogP contribution in [0.25, 0.3) is 0 Å². The van der Waals surface area contributed by atoms with E-state index in [0.717, 1.165) is 5.56 Å². The van der Waals surface area contributed by atoms with E-state index >= 15 is 0 Å². The number of carbonyl (C=O) groups excluding carboxylic acids is 2. The van der Waals surface area contributed by atoms with Crippen LogP contribution >= 0.6 is 24.2 Å². The minimum absolute atomic E-state index is 0. The van der Waals surface area contributed by atoms with Crippen molar-refractivity contribution < 1.29 is 14.3 Å². The maximum atomic E-state index is 12.6.